The molecular formula is C28H28ClN5O4S. The summed E-state index contributed by atoms with van der Waals surface area (Å²) in [6.45, 7) is 8.22. The number of rotatable bonds is 8. The van der Waals surface area contributed by atoms with Crippen LogP contribution in [0.4, 0.5) is 11.4 Å². The van der Waals surface area contributed by atoms with Gasteiger partial charge in [-0.3, -0.25) is 19.5 Å². The second-order valence-electron chi connectivity index (χ2n) is 9.84. The summed E-state index contributed by atoms with van der Waals surface area (Å²) in [5.74, 6) is 1.01. The van der Waals surface area contributed by atoms with E-state index in [-0.39, 0.29) is 27.7 Å². The van der Waals surface area contributed by atoms with Gasteiger partial charge in [-0.2, -0.15) is 0 Å². The number of nitro benzene ring substituents is 1. The van der Waals surface area contributed by atoms with Crippen LogP contribution in [0.3, 0.4) is 0 Å². The van der Waals surface area contributed by atoms with E-state index in [9.17, 15) is 14.9 Å². The van der Waals surface area contributed by atoms with E-state index in [1.807, 2.05) is 41.0 Å². The zero-order chi connectivity index (χ0) is 28.3. The molecule has 3 aromatic carbocycles. The third-order valence-corrected chi connectivity index (χ3v) is 7.40. The Bertz CT molecular complexity index is 1500. The highest BCUT2D eigenvalue weighted by Gasteiger charge is 2.23. The largest absolute Gasteiger partial charge is 0.497 e. The minimum absolute atomic E-state index is 0.0125. The van der Waals surface area contributed by atoms with Gasteiger partial charge in [0.15, 0.2) is 11.0 Å². The number of carbonyl (C=O) groups is 1. The smallest absolute Gasteiger partial charge is 0.271 e. The number of methoxy groups -OCH3 is 1. The second-order valence-corrected chi connectivity index (χ2v) is 11.6. The lowest BCUT2D eigenvalue weighted by atomic mass is 9.87. The molecule has 0 spiro atoms. The number of amides is 1. The number of benzene rings is 3. The van der Waals surface area contributed by atoms with Gasteiger partial charge in [0.1, 0.15) is 5.75 Å². The lowest BCUT2D eigenvalue weighted by Crippen LogP contribution is -2.23. The summed E-state index contributed by atoms with van der Waals surface area (Å²) in [6, 6.07) is 19.6. The maximum Gasteiger partial charge on any atom is 0.271 e. The zero-order valence-electron chi connectivity index (χ0n) is 22.1. The van der Waals surface area contributed by atoms with Gasteiger partial charge in [-0.1, -0.05) is 68.4 Å². The van der Waals surface area contributed by atoms with Crippen LogP contribution in [0, 0.1) is 10.1 Å². The molecule has 0 fully saturated rings. The predicted octanol–water partition coefficient (Wildman–Crippen LogP) is 6.92. The van der Waals surface area contributed by atoms with Crippen molar-refractivity contribution in [3.63, 3.8) is 0 Å². The number of ether oxygens (including phenoxy) is 1. The maximum absolute atomic E-state index is 13.0. The Balaban J connectivity index is 1.64. The van der Waals surface area contributed by atoms with Crippen molar-refractivity contribution < 1.29 is 14.5 Å². The molecule has 11 heteroatoms. The van der Waals surface area contributed by atoms with Crippen molar-refractivity contribution >= 4 is 40.6 Å². The number of nitrogens with one attached hydrogen (secondary N) is 1. The van der Waals surface area contributed by atoms with Crippen LogP contribution in [0.15, 0.2) is 71.9 Å². The van der Waals surface area contributed by atoms with Crippen molar-refractivity contribution in [1.82, 2.24) is 14.8 Å². The third-order valence-electron chi connectivity index (χ3n) is 6.05. The first kappa shape index (κ1) is 28.1. The first-order chi connectivity index (χ1) is 18.5. The summed E-state index contributed by atoms with van der Waals surface area (Å²) >= 11 is 7.39. The quantitative estimate of drug-likeness (QED) is 0.140. The Morgan fingerprint density at radius 3 is 2.31 bits per heavy atom. The topological polar surface area (TPSA) is 112 Å². The molecule has 1 atom stereocenters. The fourth-order valence-corrected chi connectivity index (χ4v) is 4.87. The lowest BCUT2D eigenvalue weighted by molar-refractivity contribution is -0.384. The molecule has 0 radical (unpaired) electrons. The van der Waals surface area contributed by atoms with Crippen LogP contribution in [0.2, 0.25) is 5.02 Å². The Morgan fingerprint density at radius 1 is 1.08 bits per heavy atom. The number of nitrogens with zero attached hydrogens (tertiary/aromatic N) is 4. The first-order valence-corrected chi connectivity index (χ1v) is 13.4. The van der Waals surface area contributed by atoms with Crippen molar-refractivity contribution in [3.05, 3.63) is 87.4 Å². The van der Waals surface area contributed by atoms with Gasteiger partial charge in [0.25, 0.3) is 5.69 Å². The summed E-state index contributed by atoms with van der Waals surface area (Å²) in [4.78, 5) is 23.5. The highest BCUT2D eigenvalue weighted by Crippen LogP contribution is 2.33. The molecule has 4 rings (SSSR count). The molecule has 4 aromatic rings. The highest BCUT2D eigenvalue weighted by atomic mass is 35.5. The van der Waals surface area contributed by atoms with Gasteiger partial charge in [-0.25, -0.2) is 0 Å². The Hall–Kier alpha value is -3.89. The molecule has 202 valence electrons. The summed E-state index contributed by atoms with van der Waals surface area (Å²) in [6.07, 6.45) is 0. The highest BCUT2D eigenvalue weighted by molar-refractivity contribution is 8.00. The van der Waals surface area contributed by atoms with Gasteiger partial charge in [0.2, 0.25) is 5.91 Å². The first-order valence-electron chi connectivity index (χ1n) is 12.1. The molecule has 0 aliphatic carbocycles. The van der Waals surface area contributed by atoms with E-state index in [0.717, 1.165) is 11.3 Å². The fraction of sp³-hybridized carbons (Fsp3) is 0.250. The molecular weight excluding hydrogens is 538 g/mol. The average molecular weight is 566 g/mol. The SMILES string of the molecule is COc1ccc(-n2c(S[C@@H](C)C(=O)Nc3ccc([N+](=O)[O-])cc3Cl)nnc2-c2ccc(C(C)(C)C)cc2)cc1. The van der Waals surface area contributed by atoms with E-state index < -0.39 is 10.2 Å². The lowest BCUT2D eigenvalue weighted by Gasteiger charge is -2.19. The van der Waals surface area contributed by atoms with E-state index in [1.54, 1.807) is 14.0 Å². The van der Waals surface area contributed by atoms with E-state index in [1.165, 1.54) is 35.5 Å². The van der Waals surface area contributed by atoms with Crippen LogP contribution in [0.1, 0.15) is 33.3 Å². The third kappa shape index (κ3) is 6.40. The molecule has 0 unspecified atom stereocenters. The van der Waals surface area contributed by atoms with Crippen molar-refractivity contribution in [3.8, 4) is 22.8 Å². The average Bonchev–Trinajstić information content (AvgIpc) is 3.32. The Labute approximate surface area is 235 Å². The number of anilines is 1. The summed E-state index contributed by atoms with van der Waals surface area (Å²) in [5.41, 5.74) is 3.04. The van der Waals surface area contributed by atoms with Crippen LogP contribution >= 0.6 is 23.4 Å². The van der Waals surface area contributed by atoms with Crippen LogP contribution in [0.25, 0.3) is 17.1 Å². The van der Waals surface area contributed by atoms with Crippen molar-refractivity contribution in [2.75, 3.05) is 12.4 Å². The van der Waals surface area contributed by atoms with E-state index in [0.29, 0.717) is 16.7 Å². The van der Waals surface area contributed by atoms with Gasteiger partial charge in [0, 0.05) is 23.4 Å². The number of non-ortho nitro benzene ring substituents is 1. The van der Waals surface area contributed by atoms with E-state index in [2.05, 4.69) is 48.4 Å². The predicted molar refractivity (Wildman–Crippen MR) is 154 cm³/mol. The zero-order valence-corrected chi connectivity index (χ0v) is 23.7. The van der Waals surface area contributed by atoms with Gasteiger partial charge in [-0.15, -0.1) is 10.2 Å². The monoisotopic (exact) mass is 565 g/mol. The summed E-state index contributed by atoms with van der Waals surface area (Å²) < 4.78 is 7.21. The molecule has 1 aromatic heterocycles. The van der Waals surface area contributed by atoms with Crippen LogP contribution in [-0.4, -0.2) is 38.0 Å². The van der Waals surface area contributed by atoms with Crippen LogP contribution in [0.5, 0.6) is 5.75 Å². The fourth-order valence-electron chi connectivity index (χ4n) is 3.78. The number of nitro groups is 1. The molecule has 0 saturated carbocycles. The number of hydrogen-bond acceptors (Lipinski definition) is 7. The molecule has 1 N–H and O–H groups in total. The van der Waals surface area contributed by atoms with E-state index in [4.69, 9.17) is 16.3 Å². The van der Waals surface area contributed by atoms with Gasteiger partial charge in [0.05, 0.1) is 28.0 Å². The molecule has 0 saturated heterocycles. The molecule has 9 nitrogen and oxygen atoms in total. The molecule has 39 heavy (non-hydrogen) atoms. The molecule has 1 heterocycles. The summed E-state index contributed by atoms with van der Waals surface area (Å²) in [7, 11) is 1.61. The molecule has 1 amide bonds. The van der Waals surface area contributed by atoms with Gasteiger partial charge in [-0.05, 0) is 48.2 Å². The van der Waals surface area contributed by atoms with Crippen LogP contribution in [-0.2, 0) is 10.2 Å². The number of hydrogen-bond donors (Lipinski definition) is 1. The summed E-state index contributed by atoms with van der Waals surface area (Å²) in [5, 5.41) is 22.6. The molecule has 0 bridgehead atoms. The number of aromatic nitrogens is 3. The van der Waals surface area contributed by atoms with E-state index >= 15 is 0 Å². The minimum atomic E-state index is -0.589. The number of halogens is 1. The second kappa shape index (κ2) is 11.5. The van der Waals surface area contributed by atoms with Gasteiger partial charge < -0.3 is 10.1 Å². The van der Waals surface area contributed by atoms with Crippen molar-refractivity contribution in [2.24, 2.45) is 0 Å². The van der Waals surface area contributed by atoms with Crippen molar-refractivity contribution in [2.45, 2.75) is 43.5 Å². The van der Waals surface area contributed by atoms with Crippen molar-refractivity contribution in [1.29, 1.82) is 0 Å². The Morgan fingerprint density at radius 2 is 1.74 bits per heavy atom. The van der Waals surface area contributed by atoms with Crippen LogP contribution < -0.4 is 10.1 Å². The number of carbonyl (C=O) groups excluding carboxylic acids is 1. The standard InChI is InChI=1S/C28H28ClN5O4S/c1-17(26(35)30-24-15-12-21(34(36)37)16-23(24)29)39-27-32-31-25(18-6-8-19(9-7-18)28(2,3)4)33(27)20-10-13-22(38-5)14-11-20/h6-17H,1-5H3,(H,30,35)/t17-/m0/s1. The molecule has 0 aliphatic heterocycles. The molecule has 0 aliphatic rings. The normalized spacial score (nSPS) is 12.2. The Kier molecular flexibility index (Phi) is 8.27. The van der Waals surface area contributed by atoms with Gasteiger partial charge >= 0.3 is 0 Å². The minimum Gasteiger partial charge on any atom is -0.497 e. The maximum atomic E-state index is 13.0. The number of thioether (sulfide) groups is 1.